The molecule has 0 saturated carbocycles. The predicted octanol–water partition coefficient (Wildman–Crippen LogP) is 2.56. The van der Waals surface area contributed by atoms with Crippen LogP contribution in [0.15, 0.2) is 29.2 Å². The molecule has 1 aromatic carbocycles. The van der Waals surface area contributed by atoms with Crippen LogP contribution in [0, 0.1) is 6.92 Å². The summed E-state index contributed by atoms with van der Waals surface area (Å²) in [6, 6.07) is 7.32. The SMILES string of the molecule is CCCC[C@H]1CN1S(=O)(=O)c1ccc(C)cc1. The minimum absolute atomic E-state index is 0.237. The van der Waals surface area contributed by atoms with Crippen LogP contribution < -0.4 is 0 Å². The molecule has 0 N–H and O–H groups in total. The first-order chi connectivity index (χ1) is 8.05. The number of rotatable bonds is 5. The molecule has 3 nitrogen and oxygen atoms in total. The molecule has 1 heterocycles. The number of nitrogens with zero attached hydrogens (tertiary/aromatic N) is 1. The monoisotopic (exact) mass is 253 g/mol. The van der Waals surface area contributed by atoms with Gasteiger partial charge in [-0.15, -0.1) is 0 Å². The molecule has 1 saturated heterocycles. The number of benzene rings is 1. The molecule has 1 fully saturated rings. The first kappa shape index (κ1) is 12.6. The molecule has 0 bridgehead atoms. The quantitative estimate of drug-likeness (QED) is 0.756. The van der Waals surface area contributed by atoms with Gasteiger partial charge in [0, 0.05) is 12.6 Å². The van der Waals surface area contributed by atoms with E-state index in [1.54, 1.807) is 16.4 Å². The van der Waals surface area contributed by atoms with Crippen LogP contribution in [-0.2, 0) is 10.0 Å². The molecule has 0 aromatic heterocycles. The molecule has 0 aliphatic carbocycles. The van der Waals surface area contributed by atoms with Crippen LogP contribution in [-0.4, -0.2) is 25.3 Å². The van der Waals surface area contributed by atoms with Crippen LogP contribution in [0.1, 0.15) is 31.7 Å². The maximum Gasteiger partial charge on any atom is 0.243 e. The van der Waals surface area contributed by atoms with Crippen LogP contribution in [0.3, 0.4) is 0 Å². The van der Waals surface area contributed by atoms with Crippen molar-refractivity contribution in [3.63, 3.8) is 0 Å². The molecular weight excluding hydrogens is 234 g/mol. The van der Waals surface area contributed by atoms with Crippen LogP contribution in [0.5, 0.6) is 0 Å². The highest BCUT2D eigenvalue weighted by Gasteiger charge is 2.43. The number of hydrogen-bond donors (Lipinski definition) is 0. The normalized spacial score (nSPS) is 23.6. The van der Waals surface area contributed by atoms with Gasteiger partial charge in [-0.2, -0.15) is 4.31 Å². The van der Waals surface area contributed by atoms with Gasteiger partial charge in [0.2, 0.25) is 10.0 Å². The van der Waals surface area contributed by atoms with Crippen molar-refractivity contribution < 1.29 is 8.42 Å². The summed E-state index contributed by atoms with van der Waals surface area (Å²) >= 11 is 0. The Kier molecular flexibility index (Phi) is 3.54. The van der Waals surface area contributed by atoms with Crippen molar-refractivity contribution in [3.8, 4) is 0 Å². The molecule has 4 heteroatoms. The standard InChI is InChI=1S/C13H19NO2S/c1-3-4-5-12-10-14(12)17(15,16)13-8-6-11(2)7-9-13/h6-9,12H,3-5,10H2,1-2H3/t12-,14?/m0/s1. The van der Waals surface area contributed by atoms with Gasteiger partial charge >= 0.3 is 0 Å². The Labute approximate surface area is 104 Å². The molecule has 1 aromatic rings. The van der Waals surface area contributed by atoms with Crippen molar-refractivity contribution in [2.75, 3.05) is 6.54 Å². The van der Waals surface area contributed by atoms with Gasteiger partial charge in [0.1, 0.15) is 0 Å². The summed E-state index contributed by atoms with van der Waals surface area (Å²) in [5.41, 5.74) is 1.08. The molecule has 94 valence electrons. The van der Waals surface area contributed by atoms with Crippen molar-refractivity contribution in [2.45, 2.75) is 44.0 Å². The summed E-state index contributed by atoms with van der Waals surface area (Å²) in [5, 5.41) is 0. The van der Waals surface area contributed by atoms with E-state index in [2.05, 4.69) is 6.92 Å². The van der Waals surface area contributed by atoms with Crippen molar-refractivity contribution >= 4 is 10.0 Å². The molecule has 2 atom stereocenters. The number of unbranched alkanes of at least 4 members (excludes halogenated alkanes) is 1. The van der Waals surface area contributed by atoms with E-state index in [0.717, 1.165) is 24.8 Å². The average molecular weight is 253 g/mol. The lowest BCUT2D eigenvalue weighted by atomic mass is 10.2. The Balaban J connectivity index is 2.08. The smallest absolute Gasteiger partial charge is 0.207 e. The van der Waals surface area contributed by atoms with Crippen molar-refractivity contribution in [1.29, 1.82) is 0 Å². The summed E-state index contributed by atoms with van der Waals surface area (Å²) < 4.78 is 26.0. The molecule has 0 spiro atoms. The van der Waals surface area contributed by atoms with E-state index in [4.69, 9.17) is 0 Å². The Morgan fingerprint density at radius 3 is 2.53 bits per heavy atom. The Morgan fingerprint density at radius 2 is 1.94 bits per heavy atom. The highest BCUT2D eigenvalue weighted by atomic mass is 32.2. The van der Waals surface area contributed by atoms with Gasteiger partial charge in [0.05, 0.1) is 4.90 Å². The van der Waals surface area contributed by atoms with Gasteiger partial charge in [-0.25, -0.2) is 8.42 Å². The van der Waals surface area contributed by atoms with Crippen LogP contribution in [0.25, 0.3) is 0 Å². The number of hydrogen-bond acceptors (Lipinski definition) is 2. The van der Waals surface area contributed by atoms with E-state index in [9.17, 15) is 8.42 Å². The summed E-state index contributed by atoms with van der Waals surface area (Å²) in [6.45, 7) is 4.77. The van der Waals surface area contributed by atoms with E-state index in [0.29, 0.717) is 11.4 Å². The highest BCUT2D eigenvalue weighted by Crippen LogP contribution is 2.31. The fraction of sp³-hybridized carbons (Fsp3) is 0.538. The fourth-order valence-electron chi connectivity index (χ4n) is 1.98. The second kappa shape index (κ2) is 4.78. The van der Waals surface area contributed by atoms with E-state index in [1.165, 1.54) is 0 Å². The van der Waals surface area contributed by atoms with Gasteiger partial charge in [-0.3, -0.25) is 0 Å². The molecule has 0 radical (unpaired) electrons. The largest absolute Gasteiger partial charge is 0.243 e. The topological polar surface area (TPSA) is 37.1 Å². The summed E-state index contributed by atoms with van der Waals surface area (Å²) in [7, 11) is -3.23. The third-order valence-electron chi connectivity index (χ3n) is 3.18. The van der Waals surface area contributed by atoms with Gasteiger partial charge < -0.3 is 0 Å². The zero-order chi connectivity index (χ0) is 12.5. The lowest BCUT2D eigenvalue weighted by Crippen LogP contribution is -2.14. The van der Waals surface area contributed by atoms with Crippen molar-refractivity contribution in [2.24, 2.45) is 0 Å². The van der Waals surface area contributed by atoms with Crippen LogP contribution >= 0.6 is 0 Å². The lowest BCUT2D eigenvalue weighted by Gasteiger charge is -2.06. The maximum absolute atomic E-state index is 12.2. The fourth-order valence-corrected chi connectivity index (χ4v) is 3.59. The Bertz CT molecular complexity index is 479. The van der Waals surface area contributed by atoms with Gasteiger partial charge in [-0.1, -0.05) is 37.5 Å². The number of sulfonamides is 1. The molecular formula is C13H19NO2S. The molecule has 1 aliphatic rings. The van der Waals surface area contributed by atoms with Crippen molar-refractivity contribution in [3.05, 3.63) is 29.8 Å². The summed E-state index contributed by atoms with van der Waals surface area (Å²) in [4.78, 5) is 0.419. The second-order valence-corrected chi connectivity index (χ2v) is 6.57. The molecule has 2 rings (SSSR count). The minimum atomic E-state index is -3.23. The summed E-state index contributed by atoms with van der Waals surface area (Å²) in [5.74, 6) is 0. The average Bonchev–Trinajstić information content (AvgIpc) is 3.07. The van der Waals surface area contributed by atoms with E-state index in [-0.39, 0.29) is 6.04 Å². The van der Waals surface area contributed by atoms with Crippen LogP contribution in [0.4, 0.5) is 0 Å². The minimum Gasteiger partial charge on any atom is -0.207 e. The third kappa shape index (κ3) is 2.69. The second-order valence-electron chi connectivity index (χ2n) is 4.68. The van der Waals surface area contributed by atoms with E-state index < -0.39 is 10.0 Å². The van der Waals surface area contributed by atoms with Gasteiger partial charge in [-0.05, 0) is 25.5 Å². The zero-order valence-electron chi connectivity index (χ0n) is 10.4. The van der Waals surface area contributed by atoms with E-state index in [1.807, 2.05) is 19.1 Å². The lowest BCUT2D eigenvalue weighted by molar-refractivity contribution is 0.543. The first-order valence-corrected chi connectivity index (χ1v) is 7.58. The Morgan fingerprint density at radius 1 is 1.29 bits per heavy atom. The maximum atomic E-state index is 12.2. The van der Waals surface area contributed by atoms with Gasteiger partial charge in [0.15, 0.2) is 0 Å². The van der Waals surface area contributed by atoms with Crippen molar-refractivity contribution in [1.82, 2.24) is 4.31 Å². The molecule has 17 heavy (non-hydrogen) atoms. The molecule has 1 unspecified atom stereocenters. The predicted molar refractivity (Wildman–Crippen MR) is 68.4 cm³/mol. The molecule has 1 aliphatic heterocycles. The van der Waals surface area contributed by atoms with Gasteiger partial charge in [0.25, 0.3) is 0 Å². The highest BCUT2D eigenvalue weighted by molar-refractivity contribution is 7.89. The summed E-state index contributed by atoms with van der Waals surface area (Å²) in [6.07, 6.45) is 3.21. The Hall–Kier alpha value is -0.870. The third-order valence-corrected chi connectivity index (χ3v) is 5.12. The number of aryl methyl sites for hydroxylation is 1. The first-order valence-electron chi connectivity index (χ1n) is 6.14. The van der Waals surface area contributed by atoms with Crippen LogP contribution in [0.2, 0.25) is 0 Å². The van der Waals surface area contributed by atoms with E-state index >= 15 is 0 Å². The zero-order valence-corrected chi connectivity index (χ0v) is 11.2. The molecule has 0 amide bonds.